The predicted molar refractivity (Wildman–Crippen MR) is 114 cm³/mol. The SMILES string of the molecule is O=C1NC(=Nc2ccccc2)S/C1=C\c1ccc(OCc2ccccc2F)cc1. The molecule has 29 heavy (non-hydrogen) atoms. The number of hydrogen-bond donors (Lipinski definition) is 1. The summed E-state index contributed by atoms with van der Waals surface area (Å²) in [5.41, 5.74) is 2.15. The molecule has 1 fully saturated rings. The van der Waals surface area contributed by atoms with Crippen LogP contribution in [0.2, 0.25) is 0 Å². The van der Waals surface area contributed by atoms with Crippen molar-refractivity contribution in [1.82, 2.24) is 5.32 Å². The summed E-state index contributed by atoms with van der Waals surface area (Å²) in [6.45, 7) is 0.157. The number of carbonyl (C=O) groups is 1. The third-order valence-electron chi connectivity index (χ3n) is 4.17. The number of para-hydroxylation sites is 1. The summed E-state index contributed by atoms with van der Waals surface area (Å²) in [5, 5.41) is 3.33. The molecule has 0 aliphatic carbocycles. The van der Waals surface area contributed by atoms with Crippen molar-refractivity contribution in [3.63, 3.8) is 0 Å². The summed E-state index contributed by atoms with van der Waals surface area (Å²) >= 11 is 1.30. The number of benzene rings is 3. The van der Waals surface area contributed by atoms with Crippen molar-refractivity contribution in [3.8, 4) is 5.75 Å². The summed E-state index contributed by atoms with van der Waals surface area (Å²) in [6, 6.07) is 23.3. The van der Waals surface area contributed by atoms with Crippen molar-refractivity contribution >= 4 is 34.6 Å². The van der Waals surface area contributed by atoms with Crippen LogP contribution in [0.15, 0.2) is 88.8 Å². The lowest BCUT2D eigenvalue weighted by atomic mass is 10.2. The molecule has 3 aromatic rings. The smallest absolute Gasteiger partial charge is 0.264 e. The van der Waals surface area contributed by atoms with Crippen molar-refractivity contribution in [3.05, 3.63) is 101 Å². The second kappa shape index (κ2) is 8.75. The van der Waals surface area contributed by atoms with Crippen LogP contribution in [-0.2, 0) is 11.4 Å². The van der Waals surface area contributed by atoms with Gasteiger partial charge in [0.25, 0.3) is 5.91 Å². The molecule has 1 saturated heterocycles. The molecule has 4 nitrogen and oxygen atoms in total. The van der Waals surface area contributed by atoms with Crippen LogP contribution in [0.1, 0.15) is 11.1 Å². The Bertz CT molecular complexity index is 1080. The molecule has 1 amide bonds. The number of aliphatic imine (C=N–C) groups is 1. The van der Waals surface area contributed by atoms with E-state index in [1.165, 1.54) is 17.8 Å². The van der Waals surface area contributed by atoms with Crippen LogP contribution in [0.5, 0.6) is 5.75 Å². The fourth-order valence-electron chi connectivity index (χ4n) is 2.69. The van der Waals surface area contributed by atoms with E-state index in [1.807, 2.05) is 42.5 Å². The first kappa shape index (κ1) is 19.0. The average Bonchev–Trinajstić information content (AvgIpc) is 3.08. The number of halogens is 1. The van der Waals surface area contributed by atoms with E-state index < -0.39 is 0 Å². The zero-order valence-electron chi connectivity index (χ0n) is 15.3. The van der Waals surface area contributed by atoms with Gasteiger partial charge in [-0.05, 0) is 53.7 Å². The highest BCUT2D eigenvalue weighted by atomic mass is 32.2. The molecule has 1 heterocycles. The Hall–Kier alpha value is -3.38. The van der Waals surface area contributed by atoms with Gasteiger partial charge in [-0.15, -0.1) is 0 Å². The highest BCUT2D eigenvalue weighted by Crippen LogP contribution is 2.28. The second-order valence-corrected chi connectivity index (χ2v) is 7.30. The van der Waals surface area contributed by atoms with Crippen molar-refractivity contribution in [1.29, 1.82) is 0 Å². The molecule has 0 radical (unpaired) electrons. The zero-order chi connectivity index (χ0) is 20.1. The van der Waals surface area contributed by atoms with Crippen LogP contribution in [0.25, 0.3) is 6.08 Å². The van der Waals surface area contributed by atoms with Gasteiger partial charge in [0.15, 0.2) is 5.17 Å². The highest BCUT2D eigenvalue weighted by Gasteiger charge is 2.23. The van der Waals surface area contributed by atoms with E-state index in [4.69, 9.17) is 4.74 Å². The van der Waals surface area contributed by atoms with Gasteiger partial charge in [-0.25, -0.2) is 9.38 Å². The maximum atomic E-state index is 13.7. The third kappa shape index (κ3) is 4.92. The lowest BCUT2D eigenvalue weighted by Crippen LogP contribution is -2.19. The van der Waals surface area contributed by atoms with Gasteiger partial charge in [0.1, 0.15) is 18.2 Å². The van der Waals surface area contributed by atoms with E-state index >= 15 is 0 Å². The largest absolute Gasteiger partial charge is 0.489 e. The fourth-order valence-corrected chi connectivity index (χ4v) is 3.53. The van der Waals surface area contributed by atoms with Gasteiger partial charge in [0, 0.05) is 5.56 Å². The molecule has 144 valence electrons. The molecule has 0 aromatic heterocycles. The molecule has 3 aromatic carbocycles. The molecule has 1 N–H and O–H groups in total. The van der Waals surface area contributed by atoms with Gasteiger partial charge >= 0.3 is 0 Å². The van der Waals surface area contributed by atoms with E-state index in [-0.39, 0.29) is 18.3 Å². The zero-order valence-corrected chi connectivity index (χ0v) is 16.2. The van der Waals surface area contributed by atoms with Gasteiger partial charge in [-0.3, -0.25) is 4.79 Å². The van der Waals surface area contributed by atoms with Gasteiger partial charge in [0.2, 0.25) is 0 Å². The summed E-state index contributed by atoms with van der Waals surface area (Å²) in [5.74, 6) is 0.168. The lowest BCUT2D eigenvalue weighted by Gasteiger charge is -2.07. The van der Waals surface area contributed by atoms with Gasteiger partial charge in [-0.1, -0.05) is 48.5 Å². The molecule has 1 aliphatic rings. The van der Waals surface area contributed by atoms with Crippen molar-refractivity contribution in [2.45, 2.75) is 6.61 Å². The Morgan fingerprint density at radius 1 is 0.966 bits per heavy atom. The van der Waals surface area contributed by atoms with E-state index in [0.29, 0.717) is 21.4 Å². The number of rotatable bonds is 5. The molecule has 0 spiro atoms. The average molecular weight is 404 g/mol. The highest BCUT2D eigenvalue weighted by molar-refractivity contribution is 8.18. The van der Waals surface area contributed by atoms with E-state index in [2.05, 4.69) is 10.3 Å². The summed E-state index contributed by atoms with van der Waals surface area (Å²) in [7, 11) is 0. The topological polar surface area (TPSA) is 50.7 Å². The number of carbonyl (C=O) groups excluding carboxylic acids is 1. The summed E-state index contributed by atoms with van der Waals surface area (Å²) in [4.78, 5) is 17.2. The minimum Gasteiger partial charge on any atom is -0.489 e. The number of amides is 1. The Kier molecular flexibility index (Phi) is 5.72. The van der Waals surface area contributed by atoms with Gasteiger partial charge in [-0.2, -0.15) is 0 Å². The molecular weight excluding hydrogens is 387 g/mol. The van der Waals surface area contributed by atoms with Crippen LogP contribution in [0.4, 0.5) is 10.1 Å². The first-order valence-corrected chi connectivity index (χ1v) is 9.80. The van der Waals surface area contributed by atoms with Crippen LogP contribution in [0.3, 0.4) is 0 Å². The van der Waals surface area contributed by atoms with Crippen LogP contribution < -0.4 is 10.1 Å². The Balaban J connectivity index is 1.41. The van der Waals surface area contributed by atoms with Gasteiger partial charge in [0.05, 0.1) is 10.6 Å². The molecule has 0 saturated carbocycles. The molecule has 1 aliphatic heterocycles. The quantitative estimate of drug-likeness (QED) is 0.588. The van der Waals surface area contributed by atoms with E-state index in [0.717, 1.165) is 11.3 Å². The number of thioether (sulfide) groups is 1. The standard InChI is InChI=1S/C23H17FN2O2S/c24-20-9-5-4-6-17(20)15-28-19-12-10-16(11-13-19)14-21-22(27)26-23(29-21)25-18-7-2-1-3-8-18/h1-14H,15H2,(H,25,26,27)/b21-14-. The van der Waals surface area contributed by atoms with Crippen LogP contribution in [0, 0.1) is 5.82 Å². The summed E-state index contributed by atoms with van der Waals surface area (Å²) in [6.07, 6.45) is 1.80. The maximum Gasteiger partial charge on any atom is 0.264 e. The summed E-state index contributed by atoms with van der Waals surface area (Å²) < 4.78 is 19.3. The minimum absolute atomic E-state index is 0.157. The first-order valence-electron chi connectivity index (χ1n) is 8.98. The van der Waals surface area contributed by atoms with Crippen LogP contribution in [-0.4, -0.2) is 11.1 Å². The van der Waals surface area contributed by atoms with Crippen molar-refractivity contribution in [2.75, 3.05) is 0 Å². The Morgan fingerprint density at radius 3 is 2.45 bits per heavy atom. The molecule has 0 atom stereocenters. The number of ether oxygens (including phenoxy) is 1. The molecular formula is C23H17FN2O2S. The number of hydrogen-bond acceptors (Lipinski definition) is 4. The first-order chi connectivity index (χ1) is 14.2. The second-order valence-electron chi connectivity index (χ2n) is 6.27. The molecule has 0 unspecified atom stereocenters. The minimum atomic E-state index is -0.286. The molecule has 4 rings (SSSR count). The normalized spacial score (nSPS) is 16.2. The predicted octanol–water partition coefficient (Wildman–Crippen LogP) is 5.30. The third-order valence-corrected chi connectivity index (χ3v) is 5.08. The number of nitrogens with one attached hydrogen (secondary N) is 1. The molecule has 0 bridgehead atoms. The van der Waals surface area contributed by atoms with Crippen molar-refractivity contribution < 1.29 is 13.9 Å². The maximum absolute atomic E-state index is 13.7. The number of nitrogens with zero attached hydrogens (tertiary/aromatic N) is 1. The fraction of sp³-hybridized carbons (Fsp3) is 0.0435. The van der Waals surface area contributed by atoms with E-state index in [1.54, 1.807) is 36.4 Å². The monoisotopic (exact) mass is 404 g/mol. The Labute approximate surface area is 172 Å². The Morgan fingerprint density at radius 2 is 1.69 bits per heavy atom. The van der Waals surface area contributed by atoms with Crippen molar-refractivity contribution in [2.24, 2.45) is 4.99 Å². The molecule has 6 heteroatoms. The van der Waals surface area contributed by atoms with Crippen LogP contribution >= 0.6 is 11.8 Å². The van der Waals surface area contributed by atoms with Gasteiger partial charge < -0.3 is 10.1 Å². The lowest BCUT2D eigenvalue weighted by molar-refractivity contribution is -0.115. The van der Waals surface area contributed by atoms with E-state index in [9.17, 15) is 9.18 Å². The number of amidine groups is 1.